The lowest BCUT2D eigenvalue weighted by Crippen LogP contribution is -2.20. The van der Waals surface area contributed by atoms with Crippen molar-refractivity contribution in [2.45, 2.75) is 19.4 Å². The van der Waals surface area contributed by atoms with E-state index in [1.807, 2.05) is 36.4 Å². The Morgan fingerprint density at radius 3 is 2.48 bits per heavy atom. The first-order valence-corrected chi connectivity index (χ1v) is 7.44. The predicted molar refractivity (Wildman–Crippen MR) is 86.1 cm³/mol. The SMILES string of the molecule is CCCOc1ccccc1C(N)COc1ccc(Cl)cc1. The minimum absolute atomic E-state index is 0.242. The molecule has 0 saturated carbocycles. The summed E-state index contributed by atoms with van der Waals surface area (Å²) in [6.07, 6.45) is 0.963. The molecule has 2 aromatic rings. The van der Waals surface area contributed by atoms with Crippen molar-refractivity contribution >= 4 is 11.6 Å². The van der Waals surface area contributed by atoms with Crippen LogP contribution in [0.1, 0.15) is 24.9 Å². The highest BCUT2D eigenvalue weighted by molar-refractivity contribution is 6.30. The van der Waals surface area contributed by atoms with Crippen LogP contribution < -0.4 is 15.2 Å². The second kappa shape index (κ2) is 7.91. The molecule has 3 nitrogen and oxygen atoms in total. The molecule has 0 bridgehead atoms. The van der Waals surface area contributed by atoms with Gasteiger partial charge in [0, 0.05) is 10.6 Å². The van der Waals surface area contributed by atoms with Gasteiger partial charge in [-0.15, -0.1) is 0 Å². The van der Waals surface area contributed by atoms with Crippen LogP contribution in [-0.2, 0) is 0 Å². The smallest absolute Gasteiger partial charge is 0.124 e. The van der Waals surface area contributed by atoms with Crippen molar-refractivity contribution in [2.75, 3.05) is 13.2 Å². The molecule has 112 valence electrons. The zero-order chi connectivity index (χ0) is 15.1. The molecule has 2 N–H and O–H groups in total. The van der Waals surface area contributed by atoms with Crippen molar-refractivity contribution in [3.63, 3.8) is 0 Å². The average Bonchev–Trinajstić information content (AvgIpc) is 2.52. The third-order valence-electron chi connectivity index (χ3n) is 3.02. The Morgan fingerprint density at radius 2 is 1.76 bits per heavy atom. The normalized spacial score (nSPS) is 12.0. The van der Waals surface area contributed by atoms with Crippen LogP contribution >= 0.6 is 11.6 Å². The molecule has 2 rings (SSSR count). The summed E-state index contributed by atoms with van der Waals surface area (Å²) in [5.41, 5.74) is 7.17. The molecule has 0 heterocycles. The second-order valence-electron chi connectivity index (χ2n) is 4.76. The highest BCUT2D eigenvalue weighted by Crippen LogP contribution is 2.25. The molecule has 4 heteroatoms. The minimum atomic E-state index is -0.242. The van der Waals surface area contributed by atoms with Gasteiger partial charge in [0.1, 0.15) is 18.1 Å². The van der Waals surface area contributed by atoms with Crippen LogP contribution in [0, 0.1) is 0 Å². The average molecular weight is 306 g/mol. The van der Waals surface area contributed by atoms with E-state index in [1.165, 1.54) is 0 Å². The van der Waals surface area contributed by atoms with Gasteiger partial charge in [-0.1, -0.05) is 36.7 Å². The van der Waals surface area contributed by atoms with Gasteiger partial charge in [-0.3, -0.25) is 0 Å². The summed E-state index contributed by atoms with van der Waals surface area (Å²) in [5, 5.41) is 0.685. The summed E-state index contributed by atoms with van der Waals surface area (Å²) >= 11 is 5.84. The Balaban J connectivity index is 1.99. The number of para-hydroxylation sites is 1. The molecular weight excluding hydrogens is 286 g/mol. The van der Waals surface area contributed by atoms with Crippen LogP contribution in [0.15, 0.2) is 48.5 Å². The van der Waals surface area contributed by atoms with Gasteiger partial charge in [-0.25, -0.2) is 0 Å². The van der Waals surface area contributed by atoms with Crippen molar-refractivity contribution in [2.24, 2.45) is 5.73 Å². The number of nitrogens with two attached hydrogens (primary N) is 1. The fraction of sp³-hybridized carbons (Fsp3) is 0.294. The summed E-state index contributed by atoms with van der Waals surface area (Å²) in [6.45, 7) is 3.14. The van der Waals surface area contributed by atoms with E-state index < -0.39 is 0 Å². The van der Waals surface area contributed by atoms with Crippen molar-refractivity contribution in [1.82, 2.24) is 0 Å². The number of hydrogen-bond acceptors (Lipinski definition) is 3. The van der Waals surface area contributed by atoms with E-state index in [1.54, 1.807) is 12.1 Å². The van der Waals surface area contributed by atoms with Crippen molar-refractivity contribution < 1.29 is 9.47 Å². The lowest BCUT2D eigenvalue weighted by atomic mass is 10.1. The quantitative estimate of drug-likeness (QED) is 0.833. The second-order valence-corrected chi connectivity index (χ2v) is 5.19. The molecule has 0 aliphatic heterocycles. The van der Waals surface area contributed by atoms with E-state index in [2.05, 4.69) is 6.92 Å². The van der Waals surface area contributed by atoms with E-state index in [4.69, 9.17) is 26.8 Å². The summed E-state index contributed by atoms with van der Waals surface area (Å²) in [7, 11) is 0. The Bertz CT molecular complexity index is 557. The predicted octanol–water partition coefficient (Wildman–Crippen LogP) is 4.21. The summed E-state index contributed by atoms with van der Waals surface area (Å²) in [5.74, 6) is 1.58. The van der Waals surface area contributed by atoms with Crippen LogP contribution in [0.3, 0.4) is 0 Å². The first-order valence-electron chi connectivity index (χ1n) is 7.06. The minimum Gasteiger partial charge on any atom is -0.493 e. The van der Waals surface area contributed by atoms with Crippen LogP contribution in [-0.4, -0.2) is 13.2 Å². The van der Waals surface area contributed by atoms with Gasteiger partial charge in [-0.2, -0.15) is 0 Å². The molecule has 0 saturated heterocycles. The van der Waals surface area contributed by atoms with Gasteiger partial charge in [0.2, 0.25) is 0 Å². The highest BCUT2D eigenvalue weighted by Gasteiger charge is 2.12. The molecule has 0 aromatic heterocycles. The zero-order valence-corrected chi connectivity index (χ0v) is 12.8. The molecule has 1 atom stereocenters. The Morgan fingerprint density at radius 1 is 1.05 bits per heavy atom. The molecule has 0 aliphatic carbocycles. The molecule has 1 unspecified atom stereocenters. The molecular formula is C17H20ClNO2. The van der Waals surface area contributed by atoms with E-state index in [0.29, 0.717) is 18.2 Å². The number of hydrogen-bond donors (Lipinski definition) is 1. The van der Waals surface area contributed by atoms with Crippen LogP contribution in [0.2, 0.25) is 5.02 Å². The van der Waals surface area contributed by atoms with Crippen LogP contribution in [0.25, 0.3) is 0 Å². The fourth-order valence-corrected chi connectivity index (χ4v) is 2.06. The lowest BCUT2D eigenvalue weighted by Gasteiger charge is -2.17. The molecule has 0 radical (unpaired) electrons. The molecule has 0 aliphatic rings. The van der Waals surface area contributed by atoms with E-state index >= 15 is 0 Å². The molecule has 0 spiro atoms. The van der Waals surface area contributed by atoms with Gasteiger partial charge in [0.25, 0.3) is 0 Å². The third kappa shape index (κ3) is 4.66. The number of benzene rings is 2. The monoisotopic (exact) mass is 305 g/mol. The van der Waals surface area contributed by atoms with Gasteiger partial charge in [0.05, 0.1) is 12.6 Å². The Kier molecular flexibility index (Phi) is 5.90. The van der Waals surface area contributed by atoms with Gasteiger partial charge >= 0.3 is 0 Å². The number of halogens is 1. The summed E-state index contributed by atoms with van der Waals surface area (Å²) in [4.78, 5) is 0. The van der Waals surface area contributed by atoms with Gasteiger partial charge < -0.3 is 15.2 Å². The fourth-order valence-electron chi connectivity index (χ4n) is 1.94. The van der Waals surface area contributed by atoms with Crippen molar-refractivity contribution in [3.8, 4) is 11.5 Å². The molecule has 2 aromatic carbocycles. The van der Waals surface area contributed by atoms with Crippen LogP contribution in [0.4, 0.5) is 0 Å². The summed E-state index contributed by atoms with van der Waals surface area (Å²) in [6, 6.07) is 14.8. The topological polar surface area (TPSA) is 44.5 Å². The number of ether oxygens (including phenoxy) is 2. The van der Waals surface area contributed by atoms with Crippen LogP contribution in [0.5, 0.6) is 11.5 Å². The maximum atomic E-state index is 6.21. The van der Waals surface area contributed by atoms with E-state index in [9.17, 15) is 0 Å². The third-order valence-corrected chi connectivity index (χ3v) is 3.28. The highest BCUT2D eigenvalue weighted by atomic mass is 35.5. The van der Waals surface area contributed by atoms with E-state index in [-0.39, 0.29) is 6.04 Å². The largest absolute Gasteiger partial charge is 0.493 e. The molecule has 21 heavy (non-hydrogen) atoms. The summed E-state index contributed by atoms with van der Waals surface area (Å²) < 4.78 is 11.4. The lowest BCUT2D eigenvalue weighted by molar-refractivity contribution is 0.278. The van der Waals surface area contributed by atoms with Crippen molar-refractivity contribution in [3.05, 3.63) is 59.1 Å². The first-order chi connectivity index (χ1) is 10.2. The van der Waals surface area contributed by atoms with Gasteiger partial charge in [0.15, 0.2) is 0 Å². The van der Waals surface area contributed by atoms with Crippen molar-refractivity contribution in [1.29, 1.82) is 0 Å². The Hall–Kier alpha value is -1.71. The van der Waals surface area contributed by atoms with E-state index in [0.717, 1.165) is 23.5 Å². The number of rotatable bonds is 7. The zero-order valence-electron chi connectivity index (χ0n) is 12.1. The first kappa shape index (κ1) is 15.7. The maximum absolute atomic E-state index is 6.21. The molecule has 0 fully saturated rings. The van der Waals surface area contributed by atoms with Gasteiger partial charge in [-0.05, 0) is 36.8 Å². The maximum Gasteiger partial charge on any atom is 0.124 e. The standard InChI is InChI=1S/C17H20ClNO2/c1-2-11-20-17-6-4-3-5-15(17)16(19)12-21-14-9-7-13(18)8-10-14/h3-10,16H,2,11-12,19H2,1H3. The molecule has 0 amide bonds. The Labute approximate surface area is 130 Å².